The Kier molecular flexibility index (Phi) is 14.4. The number of hydrogen-bond acceptors (Lipinski definition) is 13. The molecule has 2 saturated heterocycles. The number of carboxylic acids is 1. The van der Waals surface area contributed by atoms with E-state index in [1.165, 1.54) is 0 Å². The molecule has 0 radical (unpaired) electrons. The van der Waals surface area contributed by atoms with Crippen molar-refractivity contribution in [2.75, 3.05) is 6.61 Å². The molecule has 0 aromatic carbocycles. The van der Waals surface area contributed by atoms with Gasteiger partial charge in [0, 0.05) is 0 Å². The van der Waals surface area contributed by atoms with Crippen molar-refractivity contribution in [2.45, 2.75) is 151 Å². The Labute approximate surface area is 268 Å². The molecule has 0 amide bonds. The fourth-order valence-corrected chi connectivity index (χ4v) is 6.52. The van der Waals surface area contributed by atoms with E-state index in [2.05, 4.69) is 0 Å². The molecule has 14 heteroatoms. The van der Waals surface area contributed by atoms with Gasteiger partial charge in [-0.3, -0.25) is 0 Å². The Morgan fingerprint density at radius 2 is 1.48 bits per heavy atom. The molecule has 0 unspecified atom stereocenters. The molecule has 0 bridgehead atoms. The third-order valence-corrected chi connectivity index (χ3v) is 9.10. The van der Waals surface area contributed by atoms with E-state index in [0.717, 1.165) is 38.5 Å². The number of carbonyl (C=O) groups excluding carboxylic acids is 1. The molecule has 2 aliphatic carbocycles. The van der Waals surface area contributed by atoms with Crippen LogP contribution >= 0.6 is 0 Å². The van der Waals surface area contributed by atoms with Gasteiger partial charge in [0.25, 0.3) is 0 Å². The van der Waals surface area contributed by atoms with Crippen LogP contribution in [0, 0.1) is 11.8 Å². The first-order chi connectivity index (χ1) is 19.5. The molecule has 13 nitrogen and oxygen atoms in total. The van der Waals surface area contributed by atoms with Crippen LogP contribution in [0.4, 0.5) is 0 Å². The summed E-state index contributed by atoms with van der Waals surface area (Å²) in [5.74, 6) is -1.11. The van der Waals surface area contributed by atoms with Crippen LogP contribution in [0.15, 0.2) is 0 Å². The average Bonchev–Trinajstić information content (AvgIpc) is 2.95. The molecule has 2 saturated carbocycles. The van der Waals surface area contributed by atoms with Gasteiger partial charge in [0.05, 0.1) is 37.0 Å². The summed E-state index contributed by atoms with van der Waals surface area (Å²) in [6.45, 7) is 2.93. The third-order valence-electron chi connectivity index (χ3n) is 9.10. The van der Waals surface area contributed by atoms with Crippen LogP contribution < -0.4 is 34.7 Å². The fourth-order valence-electron chi connectivity index (χ4n) is 6.52. The maximum atomic E-state index is 12.0. The number of carbonyl (C=O) groups is 1. The molecule has 14 atom stereocenters. The quantitative estimate of drug-likeness (QED) is 0.128. The molecule has 0 aromatic heterocycles. The largest absolute Gasteiger partial charge is 1.00 e. The summed E-state index contributed by atoms with van der Waals surface area (Å²) >= 11 is 0. The maximum Gasteiger partial charge on any atom is 1.00 e. The van der Waals surface area contributed by atoms with Crippen molar-refractivity contribution in [2.24, 2.45) is 11.8 Å². The minimum absolute atomic E-state index is 0. The van der Waals surface area contributed by atoms with Gasteiger partial charge in [-0.05, 0) is 44.4 Å². The van der Waals surface area contributed by atoms with Crippen LogP contribution in [0.5, 0.6) is 0 Å². The van der Waals surface area contributed by atoms with Crippen LogP contribution in [0.3, 0.4) is 0 Å². The topological polar surface area (TPSA) is 208 Å². The van der Waals surface area contributed by atoms with E-state index in [4.69, 9.17) is 23.7 Å². The molecule has 6 N–H and O–H groups in total. The molecule has 4 aliphatic rings. The summed E-state index contributed by atoms with van der Waals surface area (Å²) in [6.07, 6.45) is -9.43. The molecule has 0 aromatic rings. The maximum absolute atomic E-state index is 12.0. The zero-order valence-electron chi connectivity index (χ0n) is 24.8. The SMILES string of the molecule is C[C@@H]1CC[C@@H](O[C@@H]2O[C@@H](C)[C@@H](O)[C@@H](O)[C@@H]2O)[C@H](O[C@@H]2O[C@H](CO)[C@H](O)[C@H](O[C@@H](CC3CCCCC3)C(=O)[O-])[C@H]2O)C1.[Na+]. The molecular formula is C28H47NaO13. The van der Waals surface area contributed by atoms with Crippen molar-refractivity contribution in [3.8, 4) is 0 Å². The number of carboxylic acid groups (broad SMARTS) is 1. The molecule has 4 rings (SSSR count). The van der Waals surface area contributed by atoms with Gasteiger partial charge in [-0.2, -0.15) is 0 Å². The van der Waals surface area contributed by atoms with Gasteiger partial charge in [-0.15, -0.1) is 0 Å². The van der Waals surface area contributed by atoms with Crippen molar-refractivity contribution in [1.29, 1.82) is 0 Å². The van der Waals surface area contributed by atoms with Crippen LogP contribution in [0.1, 0.15) is 71.6 Å². The predicted octanol–water partition coefficient (Wildman–Crippen LogP) is -4.68. The molecular weight excluding hydrogens is 567 g/mol. The fraction of sp³-hybridized carbons (Fsp3) is 0.964. The first-order valence-corrected chi connectivity index (χ1v) is 15.0. The Balaban J connectivity index is 0.00000484. The second-order valence-electron chi connectivity index (χ2n) is 12.3. The molecule has 238 valence electrons. The first kappa shape index (κ1) is 36.5. The predicted molar refractivity (Wildman–Crippen MR) is 138 cm³/mol. The van der Waals surface area contributed by atoms with Crippen molar-refractivity contribution < 1.29 is 93.8 Å². The molecule has 2 aliphatic heterocycles. The van der Waals surface area contributed by atoms with Crippen LogP contribution in [-0.4, -0.2) is 123 Å². The zero-order valence-corrected chi connectivity index (χ0v) is 26.8. The Hall–Kier alpha value is 0.0300. The van der Waals surface area contributed by atoms with Gasteiger partial charge in [0.1, 0.15) is 42.7 Å². The van der Waals surface area contributed by atoms with Crippen molar-refractivity contribution in [3.05, 3.63) is 0 Å². The van der Waals surface area contributed by atoms with E-state index < -0.39 is 92.3 Å². The van der Waals surface area contributed by atoms with Gasteiger partial charge in [-0.1, -0.05) is 39.0 Å². The second-order valence-corrected chi connectivity index (χ2v) is 12.3. The number of aliphatic hydroxyl groups excluding tert-OH is 6. The van der Waals surface area contributed by atoms with E-state index in [1.807, 2.05) is 6.92 Å². The van der Waals surface area contributed by atoms with E-state index in [1.54, 1.807) is 6.92 Å². The molecule has 4 fully saturated rings. The van der Waals surface area contributed by atoms with Gasteiger partial charge in [0.2, 0.25) is 0 Å². The van der Waals surface area contributed by atoms with E-state index in [-0.39, 0.29) is 47.8 Å². The minimum atomic E-state index is -1.60. The monoisotopic (exact) mass is 614 g/mol. The Morgan fingerprint density at radius 3 is 2.12 bits per heavy atom. The van der Waals surface area contributed by atoms with Gasteiger partial charge in [0.15, 0.2) is 12.6 Å². The summed E-state index contributed by atoms with van der Waals surface area (Å²) < 4.78 is 29.3. The molecule has 2 heterocycles. The summed E-state index contributed by atoms with van der Waals surface area (Å²) in [6, 6.07) is 0. The van der Waals surface area contributed by atoms with Gasteiger partial charge < -0.3 is 64.2 Å². The summed E-state index contributed by atoms with van der Waals surface area (Å²) in [5.41, 5.74) is 0. The number of aliphatic hydroxyl groups is 6. The molecule has 42 heavy (non-hydrogen) atoms. The van der Waals surface area contributed by atoms with Crippen molar-refractivity contribution in [3.63, 3.8) is 0 Å². The Morgan fingerprint density at radius 1 is 0.833 bits per heavy atom. The standard InChI is InChI=1S/C28H48O13.Na/c1-13-8-9-16(39-27-23(33)22(32)20(30)14(2)37-27)17(10-13)40-28-24(34)25(21(31)19(12-29)41-28)38-18(26(35)36)11-15-6-4-3-5-7-15;/h13-25,27-34H,3-12H2,1-2H3,(H,35,36);/q;+1/p-1/t13-,14+,16-,17-,18+,19-,20-,21+,22-,23+,24-,25+,27+,28-;/m1./s1. The van der Waals surface area contributed by atoms with Gasteiger partial charge in [-0.25, -0.2) is 0 Å². The van der Waals surface area contributed by atoms with Crippen LogP contribution in [0.25, 0.3) is 0 Å². The van der Waals surface area contributed by atoms with E-state index >= 15 is 0 Å². The third kappa shape index (κ3) is 8.85. The Bertz CT molecular complexity index is 832. The van der Waals surface area contributed by atoms with E-state index in [9.17, 15) is 40.5 Å². The average molecular weight is 615 g/mol. The van der Waals surface area contributed by atoms with Crippen LogP contribution in [0.2, 0.25) is 0 Å². The van der Waals surface area contributed by atoms with Crippen molar-refractivity contribution in [1.82, 2.24) is 0 Å². The van der Waals surface area contributed by atoms with Gasteiger partial charge >= 0.3 is 29.6 Å². The summed E-state index contributed by atoms with van der Waals surface area (Å²) in [5, 5.41) is 74.5. The number of aliphatic carboxylic acids is 1. The summed E-state index contributed by atoms with van der Waals surface area (Å²) in [7, 11) is 0. The number of rotatable bonds is 10. The number of hydrogen-bond donors (Lipinski definition) is 6. The minimum Gasteiger partial charge on any atom is -0.547 e. The normalized spacial score (nSPS) is 44.2. The first-order valence-electron chi connectivity index (χ1n) is 15.0. The van der Waals surface area contributed by atoms with Crippen molar-refractivity contribution >= 4 is 5.97 Å². The van der Waals surface area contributed by atoms with E-state index in [0.29, 0.717) is 12.8 Å². The smallest absolute Gasteiger partial charge is 0.547 e. The molecule has 0 spiro atoms. The second kappa shape index (κ2) is 16.5. The summed E-state index contributed by atoms with van der Waals surface area (Å²) in [4.78, 5) is 12.0. The zero-order chi connectivity index (χ0) is 29.8. The number of ether oxygens (including phenoxy) is 5. The van der Waals surface area contributed by atoms with Crippen LogP contribution in [-0.2, 0) is 28.5 Å².